The number of carbonyl (C=O) groups excluding carboxylic acids is 1. The van der Waals surface area contributed by atoms with Gasteiger partial charge in [0.05, 0.1) is 6.54 Å². The third kappa shape index (κ3) is 4.89. The van der Waals surface area contributed by atoms with Crippen molar-refractivity contribution in [3.8, 4) is 0 Å². The van der Waals surface area contributed by atoms with Crippen molar-refractivity contribution in [2.75, 3.05) is 31.5 Å². The molecule has 6 nitrogen and oxygen atoms in total. The molecule has 2 amide bonds. The van der Waals surface area contributed by atoms with E-state index in [2.05, 4.69) is 15.2 Å². The molecular weight excluding hydrogens is 376 g/mol. The number of aryl methyl sites for hydroxylation is 1. The van der Waals surface area contributed by atoms with Crippen LogP contribution >= 0.6 is 0 Å². The van der Waals surface area contributed by atoms with Crippen LogP contribution in [0, 0.1) is 6.92 Å². The summed E-state index contributed by atoms with van der Waals surface area (Å²) in [5.41, 5.74) is 3.11. The Labute approximate surface area is 176 Å². The van der Waals surface area contributed by atoms with E-state index >= 15 is 0 Å². The van der Waals surface area contributed by atoms with E-state index in [9.17, 15) is 9.59 Å². The van der Waals surface area contributed by atoms with Gasteiger partial charge in [0, 0.05) is 29.9 Å². The average molecular weight is 405 g/mol. The number of anilines is 1. The maximum Gasteiger partial charge on any atom is 0.322 e. The standard InChI is InChI=1S/C24H28N4O2/c1-18-9-10-19-16-20(23(29)26-22(19)15-18)17-28(14-13-27-11-5-6-12-27)24(30)25-21-7-3-2-4-8-21/h2-4,7-10,15-16H,5-6,11-14,17H2,1H3,(H,25,30)(H,26,29). The van der Waals surface area contributed by atoms with Crippen molar-refractivity contribution >= 4 is 22.6 Å². The molecule has 1 saturated heterocycles. The first-order valence-electron chi connectivity index (χ1n) is 10.5. The fourth-order valence-electron chi connectivity index (χ4n) is 3.93. The van der Waals surface area contributed by atoms with Crippen LogP contribution in [0.25, 0.3) is 10.9 Å². The van der Waals surface area contributed by atoms with E-state index in [1.165, 1.54) is 12.8 Å². The molecule has 4 rings (SSSR count). The fourth-order valence-corrected chi connectivity index (χ4v) is 3.93. The van der Waals surface area contributed by atoms with Crippen molar-refractivity contribution < 1.29 is 4.79 Å². The number of H-pyrrole nitrogens is 1. The molecule has 0 unspecified atom stereocenters. The molecule has 1 fully saturated rings. The van der Waals surface area contributed by atoms with Gasteiger partial charge in [-0.3, -0.25) is 4.79 Å². The highest BCUT2D eigenvalue weighted by Gasteiger charge is 2.19. The number of urea groups is 1. The summed E-state index contributed by atoms with van der Waals surface area (Å²) in [6.07, 6.45) is 2.42. The molecule has 1 aromatic heterocycles. The molecule has 6 heteroatoms. The van der Waals surface area contributed by atoms with Gasteiger partial charge in [-0.05, 0) is 68.1 Å². The van der Waals surface area contributed by atoms with Crippen LogP contribution < -0.4 is 10.9 Å². The van der Waals surface area contributed by atoms with Gasteiger partial charge in [-0.25, -0.2) is 4.79 Å². The van der Waals surface area contributed by atoms with Crippen LogP contribution in [0.2, 0.25) is 0 Å². The van der Waals surface area contributed by atoms with Gasteiger partial charge in [-0.1, -0.05) is 30.3 Å². The van der Waals surface area contributed by atoms with Gasteiger partial charge in [-0.15, -0.1) is 0 Å². The average Bonchev–Trinajstić information content (AvgIpc) is 3.25. The molecule has 30 heavy (non-hydrogen) atoms. The summed E-state index contributed by atoms with van der Waals surface area (Å²) in [6.45, 7) is 5.80. The van der Waals surface area contributed by atoms with Gasteiger partial charge >= 0.3 is 6.03 Å². The molecule has 3 aromatic rings. The van der Waals surface area contributed by atoms with Gasteiger partial charge in [-0.2, -0.15) is 0 Å². The number of amides is 2. The summed E-state index contributed by atoms with van der Waals surface area (Å²) in [5.74, 6) is 0. The van der Waals surface area contributed by atoms with Crippen LogP contribution in [0.15, 0.2) is 59.4 Å². The van der Waals surface area contributed by atoms with E-state index in [0.29, 0.717) is 12.1 Å². The van der Waals surface area contributed by atoms with Crippen LogP contribution in [-0.2, 0) is 6.54 Å². The Hall–Kier alpha value is -3.12. The Morgan fingerprint density at radius 1 is 1.10 bits per heavy atom. The van der Waals surface area contributed by atoms with Crippen molar-refractivity contribution in [3.05, 3.63) is 76.1 Å². The van der Waals surface area contributed by atoms with E-state index in [1.807, 2.05) is 61.5 Å². The Bertz CT molecular complexity index is 1070. The van der Waals surface area contributed by atoms with E-state index in [4.69, 9.17) is 0 Å². The maximum absolute atomic E-state index is 13.0. The minimum atomic E-state index is -0.191. The van der Waals surface area contributed by atoms with Crippen LogP contribution in [0.5, 0.6) is 0 Å². The summed E-state index contributed by atoms with van der Waals surface area (Å²) < 4.78 is 0. The third-order valence-corrected chi connectivity index (χ3v) is 5.64. The Balaban J connectivity index is 1.55. The zero-order chi connectivity index (χ0) is 20.9. The highest BCUT2D eigenvalue weighted by molar-refractivity contribution is 5.89. The number of hydrogen-bond donors (Lipinski definition) is 2. The molecule has 0 atom stereocenters. The number of likely N-dealkylation sites (tertiary alicyclic amines) is 1. The molecular formula is C24H28N4O2. The number of hydrogen-bond acceptors (Lipinski definition) is 3. The zero-order valence-corrected chi connectivity index (χ0v) is 17.4. The molecule has 0 bridgehead atoms. The lowest BCUT2D eigenvalue weighted by Gasteiger charge is -2.25. The minimum Gasteiger partial charge on any atom is -0.322 e. The topological polar surface area (TPSA) is 68.4 Å². The molecule has 0 radical (unpaired) electrons. The first-order chi connectivity index (χ1) is 14.6. The second kappa shape index (κ2) is 9.13. The molecule has 156 valence electrons. The van der Waals surface area contributed by atoms with Crippen LogP contribution in [-0.4, -0.2) is 47.0 Å². The van der Waals surface area contributed by atoms with Gasteiger partial charge in [0.1, 0.15) is 0 Å². The summed E-state index contributed by atoms with van der Waals surface area (Å²) >= 11 is 0. The van der Waals surface area contributed by atoms with Gasteiger partial charge in [0.2, 0.25) is 0 Å². The van der Waals surface area contributed by atoms with Crippen molar-refractivity contribution in [1.82, 2.24) is 14.8 Å². The number of nitrogens with zero attached hydrogens (tertiary/aromatic N) is 2. The van der Waals surface area contributed by atoms with Crippen molar-refractivity contribution in [3.63, 3.8) is 0 Å². The molecule has 0 aliphatic carbocycles. The number of para-hydroxylation sites is 1. The number of fused-ring (bicyclic) bond motifs is 1. The van der Waals surface area contributed by atoms with E-state index in [0.717, 1.165) is 41.8 Å². The number of carbonyl (C=O) groups is 1. The van der Waals surface area contributed by atoms with Gasteiger partial charge < -0.3 is 20.1 Å². The lowest BCUT2D eigenvalue weighted by Crippen LogP contribution is -2.41. The van der Waals surface area contributed by atoms with Gasteiger partial charge in [0.15, 0.2) is 0 Å². The van der Waals surface area contributed by atoms with Crippen molar-refractivity contribution in [2.45, 2.75) is 26.3 Å². The minimum absolute atomic E-state index is 0.146. The predicted octanol–water partition coefficient (Wildman–Crippen LogP) is 3.97. The summed E-state index contributed by atoms with van der Waals surface area (Å²) in [5, 5.41) is 3.93. The lowest BCUT2D eigenvalue weighted by molar-refractivity contribution is 0.197. The van der Waals surface area contributed by atoms with Crippen LogP contribution in [0.4, 0.5) is 10.5 Å². The molecule has 1 aliphatic rings. The smallest absolute Gasteiger partial charge is 0.322 e. The fraction of sp³-hybridized carbons (Fsp3) is 0.333. The number of rotatable bonds is 6. The SMILES string of the molecule is Cc1ccc2cc(CN(CCN3CCCC3)C(=O)Nc3ccccc3)c(=O)[nH]c2c1. The van der Waals surface area contributed by atoms with Crippen molar-refractivity contribution in [2.24, 2.45) is 0 Å². The molecule has 1 aliphatic heterocycles. The van der Waals surface area contributed by atoms with Crippen LogP contribution in [0.1, 0.15) is 24.0 Å². The maximum atomic E-state index is 13.0. The van der Waals surface area contributed by atoms with Crippen molar-refractivity contribution in [1.29, 1.82) is 0 Å². The number of pyridine rings is 1. The van der Waals surface area contributed by atoms with E-state index in [1.54, 1.807) is 4.90 Å². The van der Waals surface area contributed by atoms with E-state index < -0.39 is 0 Å². The molecule has 0 spiro atoms. The first-order valence-corrected chi connectivity index (χ1v) is 10.5. The van der Waals surface area contributed by atoms with E-state index in [-0.39, 0.29) is 18.1 Å². The van der Waals surface area contributed by atoms with Gasteiger partial charge in [0.25, 0.3) is 5.56 Å². The third-order valence-electron chi connectivity index (χ3n) is 5.64. The monoisotopic (exact) mass is 404 g/mol. The largest absolute Gasteiger partial charge is 0.322 e. The second-order valence-electron chi connectivity index (χ2n) is 7.98. The highest BCUT2D eigenvalue weighted by atomic mass is 16.2. The number of aromatic nitrogens is 1. The predicted molar refractivity (Wildman–Crippen MR) is 121 cm³/mol. The zero-order valence-electron chi connectivity index (χ0n) is 17.4. The Morgan fingerprint density at radius 2 is 1.87 bits per heavy atom. The van der Waals surface area contributed by atoms with Crippen LogP contribution in [0.3, 0.4) is 0 Å². The quantitative estimate of drug-likeness (QED) is 0.653. The lowest BCUT2D eigenvalue weighted by atomic mass is 10.1. The highest BCUT2D eigenvalue weighted by Crippen LogP contribution is 2.15. The molecule has 2 aromatic carbocycles. The molecule has 0 saturated carbocycles. The Kier molecular flexibility index (Phi) is 6.14. The summed E-state index contributed by atoms with van der Waals surface area (Å²) in [6, 6.07) is 17.1. The summed E-state index contributed by atoms with van der Waals surface area (Å²) in [4.78, 5) is 32.8. The second-order valence-corrected chi connectivity index (χ2v) is 7.98. The number of aromatic amines is 1. The first kappa shape index (κ1) is 20.2. The molecule has 2 N–H and O–H groups in total. The summed E-state index contributed by atoms with van der Waals surface area (Å²) in [7, 11) is 0. The Morgan fingerprint density at radius 3 is 2.63 bits per heavy atom. The normalized spacial score (nSPS) is 14.2. The number of nitrogens with one attached hydrogen (secondary N) is 2. The molecule has 2 heterocycles. The number of benzene rings is 2.